The number of hydrogen-bond acceptors (Lipinski definition) is 2. The van der Waals surface area contributed by atoms with Gasteiger partial charge in [-0.05, 0) is 18.2 Å². The first-order chi connectivity index (χ1) is 7.18. The van der Waals surface area contributed by atoms with Gasteiger partial charge < -0.3 is 9.47 Å². The highest BCUT2D eigenvalue weighted by Gasteiger charge is 2.07. The normalized spacial score (nSPS) is 10.5. The third-order valence-electron chi connectivity index (χ3n) is 2.34. The highest BCUT2D eigenvalue weighted by molar-refractivity contribution is 5.80. The van der Waals surface area contributed by atoms with Crippen LogP contribution in [0.5, 0.6) is 0 Å². The van der Waals surface area contributed by atoms with E-state index in [9.17, 15) is 4.79 Å². The number of likely N-dealkylation sites (N-methyl/N-ethyl adjacent to an activating group) is 1. The third kappa shape index (κ3) is 1.83. The van der Waals surface area contributed by atoms with Crippen molar-refractivity contribution in [3.8, 4) is 0 Å². The largest absolute Gasteiger partial charge is 0.347 e. The molecule has 0 aliphatic carbocycles. The fourth-order valence-corrected chi connectivity index (χ4v) is 1.45. The van der Waals surface area contributed by atoms with Crippen molar-refractivity contribution in [3.63, 3.8) is 0 Å². The van der Waals surface area contributed by atoms with Crippen molar-refractivity contribution in [2.45, 2.75) is 6.54 Å². The van der Waals surface area contributed by atoms with Crippen molar-refractivity contribution in [1.82, 2.24) is 14.5 Å². The van der Waals surface area contributed by atoms with E-state index < -0.39 is 0 Å². The van der Waals surface area contributed by atoms with Gasteiger partial charge in [0.1, 0.15) is 6.54 Å². The van der Waals surface area contributed by atoms with E-state index in [1.54, 1.807) is 25.2 Å². The van der Waals surface area contributed by atoms with Crippen molar-refractivity contribution in [1.29, 1.82) is 0 Å². The molecular formula is C11H13N3O. The standard InChI is InChI=1S/C11H13N3O/c1-13(2)11(15)8-14-7-5-9-10(14)4-3-6-12-9/h3-7H,8H2,1-2H3. The maximum Gasteiger partial charge on any atom is 0.241 e. The molecule has 0 aromatic carbocycles. The quantitative estimate of drug-likeness (QED) is 0.733. The molecule has 0 saturated carbocycles. The van der Waals surface area contributed by atoms with Crippen LogP contribution in [0.25, 0.3) is 11.0 Å². The molecular weight excluding hydrogens is 190 g/mol. The Morgan fingerprint density at radius 3 is 3.00 bits per heavy atom. The lowest BCUT2D eigenvalue weighted by Gasteiger charge is -2.11. The smallest absolute Gasteiger partial charge is 0.241 e. The van der Waals surface area contributed by atoms with E-state index in [2.05, 4.69) is 4.98 Å². The monoisotopic (exact) mass is 203 g/mol. The summed E-state index contributed by atoms with van der Waals surface area (Å²) in [6, 6.07) is 5.75. The Bertz CT molecular complexity index is 487. The Balaban J connectivity index is 2.33. The van der Waals surface area contributed by atoms with Crippen LogP contribution < -0.4 is 0 Å². The molecule has 4 nitrogen and oxygen atoms in total. The second kappa shape index (κ2) is 3.73. The zero-order valence-corrected chi connectivity index (χ0v) is 8.84. The van der Waals surface area contributed by atoms with Crippen molar-refractivity contribution >= 4 is 16.9 Å². The lowest BCUT2D eigenvalue weighted by Crippen LogP contribution is -2.25. The summed E-state index contributed by atoms with van der Waals surface area (Å²) in [6.45, 7) is 0.363. The Morgan fingerprint density at radius 1 is 1.47 bits per heavy atom. The maximum atomic E-state index is 11.5. The summed E-state index contributed by atoms with van der Waals surface area (Å²) in [5.41, 5.74) is 1.91. The fraction of sp³-hybridized carbons (Fsp3) is 0.273. The number of carbonyl (C=O) groups excluding carboxylic acids is 1. The second-order valence-corrected chi connectivity index (χ2v) is 3.64. The molecule has 0 bridgehead atoms. The van der Waals surface area contributed by atoms with Crippen molar-refractivity contribution in [3.05, 3.63) is 30.6 Å². The van der Waals surface area contributed by atoms with Gasteiger partial charge in [0.05, 0.1) is 11.0 Å². The first kappa shape index (κ1) is 9.71. The fourth-order valence-electron chi connectivity index (χ4n) is 1.45. The summed E-state index contributed by atoms with van der Waals surface area (Å²) in [4.78, 5) is 17.3. The number of amides is 1. The van der Waals surface area contributed by atoms with Crippen molar-refractivity contribution < 1.29 is 4.79 Å². The lowest BCUT2D eigenvalue weighted by molar-refractivity contribution is -0.129. The molecule has 1 amide bonds. The predicted molar refractivity (Wildman–Crippen MR) is 58.4 cm³/mol. The maximum absolute atomic E-state index is 11.5. The SMILES string of the molecule is CN(C)C(=O)Cn1ccc2ncccc21. The molecule has 15 heavy (non-hydrogen) atoms. The molecule has 2 rings (SSSR count). The molecule has 0 unspecified atom stereocenters. The molecule has 0 N–H and O–H groups in total. The molecule has 4 heteroatoms. The predicted octanol–water partition coefficient (Wildman–Crippen LogP) is 1.12. The van der Waals surface area contributed by atoms with Crippen LogP contribution in [0.4, 0.5) is 0 Å². The van der Waals surface area contributed by atoms with Gasteiger partial charge in [-0.15, -0.1) is 0 Å². The van der Waals surface area contributed by atoms with E-state index >= 15 is 0 Å². The van der Waals surface area contributed by atoms with Crippen LogP contribution in [0.2, 0.25) is 0 Å². The van der Waals surface area contributed by atoms with Gasteiger partial charge in [0.25, 0.3) is 0 Å². The van der Waals surface area contributed by atoms with E-state index in [-0.39, 0.29) is 5.91 Å². The summed E-state index contributed by atoms with van der Waals surface area (Å²) in [7, 11) is 3.51. The zero-order valence-electron chi connectivity index (χ0n) is 8.84. The number of nitrogens with zero attached hydrogens (tertiary/aromatic N) is 3. The van der Waals surface area contributed by atoms with Gasteiger partial charge in [-0.1, -0.05) is 0 Å². The third-order valence-corrected chi connectivity index (χ3v) is 2.34. The molecule has 0 aliphatic rings. The Hall–Kier alpha value is -1.84. The van der Waals surface area contributed by atoms with Crippen LogP contribution in [0.15, 0.2) is 30.6 Å². The Labute approximate surface area is 88.1 Å². The van der Waals surface area contributed by atoms with Gasteiger partial charge in [0.2, 0.25) is 5.91 Å². The topological polar surface area (TPSA) is 38.1 Å². The van der Waals surface area contributed by atoms with Gasteiger partial charge in [0, 0.05) is 26.5 Å². The Morgan fingerprint density at radius 2 is 2.27 bits per heavy atom. The van der Waals surface area contributed by atoms with E-state index in [0.29, 0.717) is 6.54 Å². The minimum absolute atomic E-state index is 0.0800. The van der Waals surface area contributed by atoms with Gasteiger partial charge in [-0.3, -0.25) is 9.78 Å². The molecule has 2 heterocycles. The summed E-state index contributed by atoms with van der Waals surface area (Å²) < 4.78 is 1.91. The van der Waals surface area contributed by atoms with E-state index in [1.807, 2.05) is 29.0 Å². The average Bonchev–Trinajstić information content (AvgIpc) is 2.62. The number of pyridine rings is 1. The first-order valence-electron chi connectivity index (χ1n) is 4.78. The van der Waals surface area contributed by atoms with Gasteiger partial charge in [0.15, 0.2) is 0 Å². The zero-order chi connectivity index (χ0) is 10.8. The summed E-state index contributed by atoms with van der Waals surface area (Å²) in [5, 5.41) is 0. The number of fused-ring (bicyclic) bond motifs is 1. The minimum Gasteiger partial charge on any atom is -0.347 e. The highest BCUT2D eigenvalue weighted by Crippen LogP contribution is 2.12. The highest BCUT2D eigenvalue weighted by atomic mass is 16.2. The first-order valence-corrected chi connectivity index (χ1v) is 4.78. The second-order valence-electron chi connectivity index (χ2n) is 3.64. The molecule has 0 spiro atoms. The van der Waals surface area contributed by atoms with Gasteiger partial charge in [-0.2, -0.15) is 0 Å². The van der Waals surface area contributed by atoms with Crippen LogP contribution in [0.3, 0.4) is 0 Å². The number of carbonyl (C=O) groups is 1. The molecule has 0 saturated heterocycles. The molecule has 0 radical (unpaired) electrons. The summed E-state index contributed by atoms with van der Waals surface area (Å²) in [5.74, 6) is 0.0800. The van der Waals surface area contributed by atoms with Crippen LogP contribution in [0.1, 0.15) is 0 Å². The van der Waals surface area contributed by atoms with Crippen molar-refractivity contribution in [2.24, 2.45) is 0 Å². The minimum atomic E-state index is 0.0800. The number of rotatable bonds is 2. The average molecular weight is 203 g/mol. The van der Waals surface area contributed by atoms with Crippen molar-refractivity contribution in [2.75, 3.05) is 14.1 Å². The Kier molecular flexibility index (Phi) is 2.41. The molecule has 0 fully saturated rings. The molecule has 2 aromatic rings. The summed E-state index contributed by atoms with van der Waals surface area (Å²) in [6.07, 6.45) is 3.64. The molecule has 78 valence electrons. The van der Waals surface area contributed by atoms with E-state index in [4.69, 9.17) is 0 Å². The lowest BCUT2D eigenvalue weighted by atomic mass is 10.4. The van der Waals surface area contributed by atoms with Crippen LogP contribution in [0, 0.1) is 0 Å². The summed E-state index contributed by atoms with van der Waals surface area (Å²) >= 11 is 0. The van der Waals surface area contributed by atoms with Crippen LogP contribution in [-0.4, -0.2) is 34.5 Å². The number of aromatic nitrogens is 2. The van der Waals surface area contributed by atoms with Gasteiger partial charge >= 0.3 is 0 Å². The van der Waals surface area contributed by atoms with Crippen LogP contribution in [-0.2, 0) is 11.3 Å². The molecule has 2 aromatic heterocycles. The number of hydrogen-bond donors (Lipinski definition) is 0. The van der Waals surface area contributed by atoms with Crippen LogP contribution >= 0.6 is 0 Å². The van der Waals surface area contributed by atoms with Gasteiger partial charge in [-0.25, -0.2) is 0 Å². The van der Waals surface area contributed by atoms with E-state index in [1.165, 1.54) is 0 Å². The van der Waals surface area contributed by atoms with E-state index in [0.717, 1.165) is 11.0 Å². The molecule has 0 atom stereocenters. The molecule has 0 aliphatic heterocycles.